The van der Waals surface area contributed by atoms with E-state index in [9.17, 15) is 19.5 Å². The minimum Gasteiger partial charge on any atom is -0.477 e. The molecule has 0 aliphatic heterocycles. The van der Waals surface area contributed by atoms with Crippen molar-refractivity contribution in [3.8, 4) is 0 Å². The number of carboxylic acids is 1. The number of ether oxygens (including phenoxy) is 3. The van der Waals surface area contributed by atoms with E-state index in [1.165, 1.54) is 116 Å². The van der Waals surface area contributed by atoms with E-state index in [0.29, 0.717) is 19.3 Å². The highest BCUT2D eigenvalue weighted by Crippen LogP contribution is 2.14. The molecule has 0 aromatic heterocycles. The first-order valence-corrected chi connectivity index (χ1v) is 21.4. The third-order valence-corrected chi connectivity index (χ3v) is 9.59. The van der Waals surface area contributed by atoms with Gasteiger partial charge in [-0.05, 0) is 51.4 Å². The number of carbonyl (C=O) groups is 3. The van der Waals surface area contributed by atoms with Gasteiger partial charge in [-0.15, -0.1) is 0 Å². The summed E-state index contributed by atoms with van der Waals surface area (Å²) in [6.45, 7) is 4.63. The number of hydrogen-bond donors (Lipinski definition) is 1. The fourth-order valence-corrected chi connectivity index (χ4v) is 6.22. The zero-order valence-corrected chi connectivity index (χ0v) is 34.5. The molecule has 0 aromatic carbocycles. The Morgan fingerprint density at radius 3 is 1.50 bits per heavy atom. The van der Waals surface area contributed by atoms with E-state index in [0.717, 1.165) is 32.1 Å². The molecule has 0 aliphatic rings. The van der Waals surface area contributed by atoms with Crippen LogP contribution >= 0.6 is 0 Å². The number of carbonyl (C=O) groups excluding carboxylic acids is 2. The lowest BCUT2D eigenvalue weighted by Crippen LogP contribution is -2.50. The van der Waals surface area contributed by atoms with Crippen LogP contribution in [0.5, 0.6) is 0 Å². The zero-order valence-electron chi connectivity index (χ0n) is 34.5. The van der Waals surface area contributed by atoms with Crippen molar-refractivity contribution in [3.63, 3.8) is 0 Å². The van der Waals surface area contributed by atoms with Crippen molar-refractivity contribution in [2.24, 2.45) is 0 Å². The van der Waals surface area contributed by atoms with Gasteiger partial charge in [0, 0.05) is 19.3 Å². The fourth-order valence-electron chi connectivity index (χ4n) is 6.22. The molecule has 2 unspecified atom stereocenters. The number of esters is 2. The predicted octanol–water partition coefficient (Wildman–Crippen LogP) is 11.3. The van der Waals surface area contributed by atoms with E-state index >= 15 is 0 Å². The maximum atomic E-state index is 12.5. The molecule has 0 aliphatic carbocycles. The van der Waals surface area contributed by atoms with E-state index in [1.807, 2.05) is 27.2 Å². The highest BCUT2D eigenvalue weighted by molar-refractivity contribution is 5.72. The van der Waals surface area contributed by atoms with Gasteiger partial charge in [-0.3, -0.25) is 9.59 Å². The SMILES string of the molecule is CCCCC/C=C/CCC(=O)OC(COCCC(C(=O)O)[N+](C)(C)C)COC(=O)CCCCCCCCC/C=C/CCCCCCCCCCCC. The highest BCUT2D eigenvalue weighted by atomic mass is 16.6. The molecule has 0 fully saturated rings. The maximum absolute atomic E-state index is 12.5. The largest absolute Gasteiger partial charge is 0.477 e. The van der Waals surface area contributed by atoms with Gasteiger partial charge in [0.1, 0.15) is 6.61 Å². The Balaban J connectivity index is 4.17. The molecule has 0 amide bonds. The van der Waals surface area contributed by atoms with Crippen molar-refractivity contribution in [2.45, 2.75) is 199 Å². The fraction of sp³-hybridized carbons (Fsp3) is 0.841. The second-order valence-electron chi connectivity index (χ2n) is 15.6. The molecule has 0 aromatic rings. The molecule has 8 nitrogen and oxygen atoms in total. The summed E-state index contributed by atoms with van der Waals surface area (Å²) in [6, 6.07) is -0.617. The smallest absolute Gasteiger partial charge is 0.362 e. The van der Waals surface area contributed by atoms with Gasteiger partial charge < -0.3 is 23.8 Å². The summed E-state index contributed by atoms with van der Waals surface area (Å²) in [5.41, 5.74) is 0. The molecule has 1 N–H and O–H groups in total. The third kappa shape index (κ3) is 33.6. The number of unbranched alkanes of at least 4 members (excludes halogenated alkanes) is 20. The van der Waals surface area contributed by atoms with Crippen LogP contribution in [-0.4, -0.2) is 80.6 Å². The zero-order chi connectivity index (χ0) is 38.5. The van der Waals surface area contributed by atoms with Crippen LogP contribution in [0.2, 0.25) is 0 Å². The molecule has 0 saturated carbocycles. The van der Waals surface area contributed by atoms with Crippen LogP contribution in [0.15, 0.2) is 24.3 Å². The predicted molar refractivity (Wildman–Crippen MR) is 215 cm³/mol. The Hall–Kier alpha value is -2.19. The van der Waals surface area contributed by atoms with Gasteiger partial charge in [-0.1, -0.05) is 141 Å². The van der Waals surface area contributed by atoms with E-state index in [-0.39, 0.29) is 42.7 Å². The average molecular weight is 737 g/mol. The van der Waals surface area contributed by atoms with Crippen LogP contribution in [0.3, 0.4) is 0 Å². The lowest BCUT2D eigenvalue weighted by atomic mass is 10.1. The monoisotopic (exact) mass is 737 g/mol. The highest BCUT2D eigenvalue weighted by Gasteiger charge is 2.31. The maximum Gasteiger partial charge on any atom is 0.362 e. The molecule has 0 spiro atoms. The topological polar surface area (TPSA) is 99.1 Å². The van der Waals surface area contributed by atoms with Crippen molar-refractivity contribution >= 4 is 17.9 Å². The molecule has 0 heterocycles. The summed E-state index contributed by atoms with van der Waals surface area (Å²) in [4.78, 5) is 36.7. The second kappa shape index (κ2) is 35.8. The van der Waals surface area contributed by atoms with Crippen LogP contribution in [-0.2, 0) is 28.6 Å². The number of nitrogens with zero attached hydrogens (tertiary/aromatic N) is 1. The van der Waals surface area contributed by atoms with Crippen LogP contribution in [0.25, 0.3) is 0 Å². The Morgan fingerprint density at radius 1 is 0.558 bits per heavy atom. The Bertz CT molecular complexity index is 911. The number of carboxylic acid groups (broad SMARTS) is 1. The number of aliphatic carboxylic acids is 1. The summed E-state index contributed by atoms with van der Waals surface area (Å²) in [5, 5.41) is 9.57. The van der Waals surface area contributed by atoms with Crippen molar-refractivity contribution < 1.29 is 38.2 Å². The van der Waals surface area contributed by atoms with Crippen molar-refractivity contribution in [1.29, 1.82) is 0 Å². The summed E-state index contributed by atoms with van der Waals surface area (Å²) < 4.78 is 17.1. The van der Waals surface area contributed by atoms with E-state index < -0.39 is 18.1 Å². The minimum atomic E-state index is -0.881. The molecule has 0 saturated heterocycles. The first-order valence-electron chi connectivity index (χ1n) is 21.4. The van der Waals surface area contributed by atoms with Crippen LogP contribution in [0.1, 0.15) is 187 Å². The first-order chi connectivity index (χ1) is 25.1. The molecule has 2 atom stereocenters. The van der Waals surface area contributed by atoms with E-state index in [2.05, 4.69) is 32.1 Å². The Kier molecular flexibility index (Phi) is 34.3. The van der Waals surface area contributed by atoms with Crippen LogP contribution in [0.4, 0.5) is 0 Å². The number of allylic oxidation sites excluding steroid dienone is 4. The number of hydrogen-bond acceptors (Lipinski definition) is 6. The Labute approximate surface area is 320 Å². The Morgan fingerprint density at radius 2 is 1.00 bits per heavy atom. The van der Waals surface area contributed by atoms with E-state index in [1.54, 1.807) is 0 Å². The standard InChI is InChI=1S/C44H81NO7/c1-6-8-10-12-14-15-16-17-18-19-20-21-22-23-24-25-26-27-29-30-32-34-42(46)51-39-40(38-50-37-36-41(44(48)49)45(3,4)5)52-43(47)35-33-31-28-13-11-9-7-2/h21-22,28,31,40-41H,6-20,23-27,29-30,32-39H2,1-5H3/p+1/b22-21+,31-28+. The molecule has 0 radical (unpaired) electrons. The first kappa shape index (κ1) is 49.8. The average Bonchev–Trinajstić information content (AvgIpc) is 3.09. The second-order valence-corrected chi connectivity index (χ2v) is 15.6. The summed E-state index contributed by atoms with van der Waals surface area (Å²) in [7, 11) is 5.50. The van der Waals surface area contributed by atoms with Crippen molar-refractivity contribution in [2.75, 3.05) is 41.0 Å². The lowest BCUT2D eigenvalue weighted by Gasteiger charge is -2.31. The molecule has 52 heavy (non-hydrogen) atoms. The quantitative estimate of drug-likeness (QED) is 0.0291. The van der Waals surface area contributed by atoms with Crippen LogP contribution < -0.4 is 0 Å². The van der Waals surface area contributed by atoms with Gasteiger partial charge in [-0.2, -0.15) is 0 Å². The van der Waals surface area contributed by atoms with Crippen molar-refractivity contribution in [1.82, 2.24) is 0 Å². The van der Waals surface area contributed by atoms with Gasteiger partial charge in [0.2, 0.25) is 0 Å². The third-order valence-electron chi connectivity index (χ3n) is 9.59. The molecule has 8 heteroatoms. The van der Waals surface area contributed by atoms with Gasteiger partial charge in [-0.25, -0.2) is 4.79 Å². The molecule has 0 rings (SSSR count). The van der Waals surface area contributed by atoms with Crippen LogP contribution in [0, 0.1) is 0 Å². The number of rotatable bonds is 38. The summed E-state index contributed by atoms with van der Waals surface area (Å²) in [5.74, 6) is -1.54. The summed E-state index contributed by atoms with van der Waals surface area (Å²) in [6.07, 6.45) is 38.3. The van der Waals surface area contributed by atoms with Crippen molar-refractivity contribution in [3.05, 3.63) is 24.3 Å². The lowest BCUT2D eigenvalue weighted by molar-refractivity contribution is -0.887. The normalized spacial score (nSPS) is 13.2. The summed E-state index contributed by atoms with van der Waals surface area (Å²) >= 11 is 0. The van der Waals surface area contributed by atoms with Gasteiger partial charge in [0.15, 0.2) is 12.1 Å². The van der Waals surface area contributed by atoms with Gasteiger partial charge in [0.25, 0.3) is 0 Å². The van der Waals surface area contributed by atoms with Gasteiger partial charge >= 0.3 is 17.9 Å². The molecule has 0 bridgehead atoms. The molecular weight excluding hydrogens is 654 g/mol. The van der Waals surface area contributed by atoms with E-state index in [4.69, 9.17) is 14.2 Å². The number of likely N-dealkylation sites (N-methyl/N-ethyl adjacent to an activating group) is 1. The van der Waals surface area contributed by atoms with Gasteiger partial charge in [0.05, 0.1) is 34.4 Å². The molecular formula is C44H82NO7+. The minimum absolute atomic E-state index is 0.0461. The number of quaternary nitrogens is 1. The molecule has 304 valence electrons.